The number of nitrogens with one attached hydrogen (secondary N) is 1. The van der Waals surface area contributed by atoms with Crippen LogP contribution in [0.3, 0.4) is 0 Å². The Labute approximate surface area is 112 Å². The molecule has 0 saturated heterocycles. The Balaban J connectivity index is 2.84. The molecule has 3 N–H and O–H groups in total. The van der Waals surface area contributed by atoms with Gasteiger partial charge < -0.3 is 19.8 Å². The minimum atomic E-state index is -0.157. The van der Waals surface area contributed by atoms with Gasteiger partial charge in [-0.15, -0.1) is 0 Å². The van der Waals surface area contributed by atoms with Crippen LogP contribution in [-0.2, 0) is 9.47 Å². The van der Waals surface area contributed by atoms with Crippen LogP contribution >= 0.6 is 0 Å². The Morgan fingerprint density at radius 3 is 2.53 bits per heavy atom. The third-order valence-corrected chi connectivity index (χ3v) is 2.59. The second-order valence-corrected chi connectivity index (χ2v) is 3.82. The summed E-state index contributed by atoms with van der Waals surface area (Å²) in [5.74, 6) is 5.55. The van der Waals surface area contributed by atoms with E-state index in [4.69, 9.17) is 15.3 Å². The van der Waals surface area contributed by atoms with Gasteiger partial charge >= 0.3 is 0 Å². The van der Waals surface area contributed by atoms with Gasteiger partial charge in [0.25, 0.3) is 5.91 Å². The lowest BCUT2D eigenvalue weighted by molar-refractivity contribution is 0.0628. The number of nitrogens with zero attached hydrogens (tertiary/aromatic N) is 2. The zero-order valence-corrected chi connectivity index (χ0v) is 11.3. The molecule has 0 spiro atoms. The number of nitrogens with two attached hydrogens (primary N) is 1. The highest BCUT2D eigenvalue weighted by molar-refractivity contribution is 5.98. The van der Waals surface area contributed by atoms with E-state index in [2.05, 4.69) is 10.4 Å². The third-order valence-electron chi connectivity index (χ3n) is 2.59. The lowest BCUT2D eigenvalue weighted by Gasteiger charge is -2.22. The van der Waals surface area contributed by atoms with E-state index in [1.807, 2.05) is 0 Å². The molecular weight excluding hydrogens is 248 g/mol. The SMILES string of the molecule is COCCN(CCOC)C(=O)c1cccnc1NN. The van der Waals surface area contributed by atoms with Gasteiger partial charge in [0, 0.05) is 33.5 Å². The molecular formula is C12H20N4O3. The number of carbonyl (C=O) groups excluding carboxylic acids is 1. The van der Waals surface area contributed by atoms with Crippen LogP contribution in [0.1, 0.15) is 10.4 Å². The number of amides is 1. The maximum Gasteiger partial charge on any atom is 0.257 e. The van der Waals surface area contributed by atoms with Crippen LogP contribution in [0.4, 0.5) is 5.82 Å². The first-order chi connectivity index (χ1) is 9.24. The summed E-state index contributed by atoms with van der Waals surface area (Å²) in [5.41, 5.74) is 2.85. The number of nitrogen functional groups attached to an aromatic ring is 1. The van der Waals surface area contributed by atoms with Crippen molar-refractivity contribution in [3.63, 3.8) is 0 Å². The molecule has 1 amide bonds. The highest BCUT2D eigenvalue weighted by Gasteiger charge is 2.18. The Kier molecular flexibility index (Phi) is 6.80. The highest BCUT2D eigenvalue weighted by atomic mass is 16.5. The quantitative estimate of drug-likeness (QED) is 0.513. The molecule has 0 bridgehead atoms. The van der Waals surface area contributed by atoms with Crippen LogP contribution in [-0.4, -0.2) is 56.3 Å². The van der Waals surface area contributed by atoms with Crippen molar-refractivity contribution in [2.75, 3.05) is 45.9 Å². The van der Waals surface area contributed by atoms with Gasteiger partial charge in [0.05, 0.1) is 18.8 Å². The summed E-state index contributed by atoms with van der Waals surface area (Å²) in [4.78, 5) is 18.1. The van der Waals surface area contributed by atoms with Crippen molar-refractivity contribution in [2.45, 2.75) is 0 Å². The van der Waals surface area contributed by atoms with Gasteiger partial charge in [-0.25, -0.2) is 10.8 Å². The predicted molar refractivity (Wildman–Crippen MR) is 71.7 cm³/mol. The smallest absolute Gasteiger partial charge is 0.257 e. The fourth-order valence-electron chi connectivity index (χ4n) is 1.58. The summed E-state index contributed by atoms with van der Waals surface area (Å²) < 4.78 is 10.0. The number of hydrogen-bond donors (Lipinski definition) is 2. The zero-order valence-electron chi connectivity index (χ0n) is 11.3. The first kappa shape index (κ1) is 15.4. The molecule has 0 fully saturated rings. The van der Waals surface area contributed by atoms with E-state index >= 15 is 0 Å². The van der Waals surface area contributed by atoms with Crippen molar-refractivity contribution < 1.29 is 14.3 Å². The standard InChI is InChI=1S/C12H20N4O3/c1-18-8-6-16(7-9-19-2)12(17)10-4-3-5-14-11(10)15-13/h3-5H,6-9,13H2,1-2H3,(H,14,15). The first-order valence-corrected chi connectivity index (χ1v) is 5.93. The van der Waals surface area contributed by atoms with Crippen molar-refractivity contribution in [1.29, 1.82) is 0 Å². The molecule has 1 aromatic heterocycles. The van der Waals surface area contributed by atoms with Gasteiger partial charge in [0.1, 0.15) is 0 Å². The van der Waals surface area contributed by atoms with Crippen molar-refractivity contribution in [1.82, 2.24) is 9.88 Å². The van der Waals surface area contributed by atoms with Crippen LogP contribution in [0.15, 0.2) is 18.3 Å². The average Bonchev–Trinajstić information content (AvgIpc) is 2.46. The zero-order chi connectivity index (χ0) is 14.1. The average molecular weight is 268 g/mol. The summed E-state index contributed by atoms with van der Waals surface area (Å²) >= 11 is 0. The van der Waals surface area contributed by atoms with Crippen molar-refractivity contribution in [3.8, 4) is 0 Å². The lowest BCUT2D eigenvalue weighted by Crippen LogP contribution is -2.37. The summed E-state index contributed by atoms with van der Waals surface area (Å²) in [5, 5.41) is 0. The highest BCUT2D eigenvalue weighted by Crippen LogP contribution is 2.13. The van der Waals surface area contributed by atoms with Gasteiger partial charge in [0.15, 0.2) is 5.82 Å². The molecule has 1 aromatic rings. The summed E-state index contributed by atoms with van der Waals surface area (Å²) in [6.07, 6.45) is 1.57. The molecule has 7 heteroatoms. The molecule has 106 valence electrons. The van der Waals surface area contributed by atoms with Gasteiger partial charge in [-0.2, -0.15) is 0 Å². The minimum Gasteiger partial charge on any atom is -0.383 e. The summed E-state index contributed by atoms with van der Waals surface area (Å²) in [6.45, 7) is 1.89. The van der Waals surface area contributed by atoms with E-state index in [0.717, 1.165) is 0 Å². The Hall–Kier alpha value is -1.70. The lowest BCUT2D eigenvalue weighted by atomic mass is 10.2. The molecule has 0 radical (unpaired) electrons. The van der Waals surface area contributed by atoms with E-state index in [1.165, 1.54) is 0 Å². The molecule has 0 unspecified atom stereocenters. The van der Waals surface area contributed by atoms with Crippen LogP contribution in [0, 0.1) is 0 Å². The van der Waals surface area contributed by atoms with Crippen molar-refractivity contribution in [2.24, 2.45) is 5.84 Å². The predicted octanol–water partition coefficient (Wildman–Crippen LogP) is 0.102. The third kappa shape index (κ3) is 4.47. The Morgan fingerprint density at radius 2 is 2.00 bits per heavy atom. The number of carbonyl (C=O) groups is 1. The van der Waals surface area contributed by atoms with E-state index in [0.29, 0.717) is 37.7 Å². The number of pyridine rings is 1. The van der Waals surface area contributed by atoms with E-state index in [9.17, 15) is 4.79 Å². The normalized spacial score (nSPS) is 10.3. The van der Waals surface area contributed by atoms with Gasteiger partial charge in [-0.05, 0) is 12.1 Å². The minimum absolute atomic E-state index is 0.157. The number of ether oxygens (including phenoxy) is 2. The second-order valence-electron chi connectivity index (χ2n) is 3.82. The fraction of sp³-hybridized carbons (Fsp3) is 0.500. The molecule has 0 aliphatic carbocycles. The Morgan fingerprint density at radius 1 is 1.37 bits per heavy atom. The van der Waals surface area contributed by atoms with Crippen LogP contribution in [0.25, 0.3) is 0 Å². The Bertz CT molecular complexity index is 392. The first-order valence-electron chi connectivity index (χ1n) is 5.93. The number of hydrogen-bond acceptors (Lipinski definition) is 6. The fourth-order valence-corrected chi connectivity index (χ4v) is 1.58. The molecule has 0 saturated carbocycles. The number of rotatable bonds is 8. The second kappa shape index (κ2) is 8.41. The molecule has 0 aromatic carbocycles. The maximum atomic E-state index is 12.4. The van der Waals surface area contributed by atoms with E-state index in [1.54, 1.807) is 37.4 Å². The molecule has 19 heavy (non-hydrogen) atoms. The van der Waals surface area contributed by atoms with Gasteiger partial charge in [-0.1, -0.05) is 0 Å². The number of anilines is 1. The van der Waals surface area contributed by atoms with E-state index < -0.39 is 0 Å². The largest absolute Gasteiger partial charge is 0.383 e. The van der Waals surface area contributed by atoms with Crippen LogP contribution in [0.5, 0.6) is 0 Å². The number of hydrazine groups is 1. The molecule has 1 rings (SSSR count). The van der Waals surface area contributed by atoms with Crippen LogP contribution < -0.4 is 11.3 Å². The molecule has 7 nitrogen and oxygen atoms in total. The topological polar surface area (TPSA) is 89.7 Å². The monoisotopic (exact) mass is 268 g/mol. The van der Waals surface area contributed by atoms with Gasteiger partial charge in [0.2, 0.25) is 0 Å². The number of methoxy groups -OCH3 is 2. The molecule has 0 aliphatic rings. The summed E-state index contributed by atoms with van der Waals surface area (Å²) in [7, 11) is 3.19. The summed E-state index contributed by atoms with van der Waals surface area (Å²) in [6, 6.07) is 3.37. The van der Waals surface area contributed by atoms with Gasteiger partial charge in [-0.3, -0.25) is 4.79 Å². The van der Waals surface area contributed by atoms with Crippen molar-refractivity contribution >= 4 is 11.7 Å². The maximum absolute atomic E-state index is 12.4. The van der Waals surface area contributed by atoms with Crippen molar-refractivity contribution in [3.05, 3.63) is 23.9 Å². The molecule has 1 heterocycles. The van der Waals surface area contributed by atoms with Crippen LogP contribution in [0.2, 0.25) is 0 Å². The molecule has 0 aliphatic heterocycles. The van der Waals surface area contributed by atoms with E-state index in [-0.39, 0.29) is 5.91 Å². The molecule has 0 atom stereocenters. The number of aromatic nitrogens is 1.